The Labute approximate surface area is 186 Å². The van der Waals surface area contributed by atoms with E-state index in [0.29, 0.717) is 18.8 Å². The van der Waals surface area contributed by atoms with Gasteiger partial charge in [0.1, 0.15) is 12.4 Å². The second kappa shape index (κ2) is 7.67. The van der Waals surface area contributed by atoms with Gasteiger partial charge in [0.2, 0.25) is 11.8 Å². The van der Waals surface area contributed by atoms with Crippen LogP contribution < -0.4 is 10.2 Å². The lowest BCUT2D eigenvalue weighted by atomic mass is 10.1. The summed E-state index contributed by atoms with van der Waals surface area (Å²) in [5, 5.41) is 8.78. The molecule has 0 aliphatic carbocycles. The third-order valence-corrected chi connectivity index (χ3v) is 6.14. The zero-order valence-corrected chi connectivity index (χ0v) is 18.4. The number of fused-ring (bicyclic) bond motifs is 2. The van der Waals surface area contributed by atoms with Crippen molar-refractivity contribution in [3.05, 3.63) is 65.9 Å². The SMILES string of the molecule is Cc1ccc(NC(=O)CN2C(=O)CCn3nc(-c4cn(C)c5ccccc45)cc32)cc1C. The summed E-state index contributed by atoms with van der Waals surface area (Å²) in [6.07, 6.45) is 2.37. The quantitative estimate of drug-likeness (QED) is 0.534. The van der Waals surface area contributed by atoms with Crippen LogP contribution in [-0.4, -0.2) is 32.7 Å². The molecule has 0 radical (unpaired) electrons. The molecule has 0 spiro atoms. The lowest BCUT2D eigenvalue weighted by Crippen LogP contribution is -2.42. The molecule has 5 rings (SSSR count). The first kappa shape index (κ1) is 20.1. The first-order valence-corrected chi connectivity index (χ1v) is 10.7. The van der Waals surface area contributed by atoms with Crippen LogP contribution in [0.3, 0.4) is 0 Å². The van der Waals surface area contributed by atoms with E-state index < -0.39 is 0 Å². The van der Waals surface area contributed by atoms with Crippen molar-refractivity contribution >= 4 is 34.2 Å². The fourth-order valence-electron chi connectivity index (χ4n) is 4.26. The number of anilines is 2. The fourth-order valence-corrected chi connectivity index (χ4v) is 4.26. The third kappa shape index (κ3) is 3.45. The summed E-state index contributed by atoms with van der Waals surface area (Å²) in [5.41, 5.74) is 5.93. The standard InChI is InChI=1S/C25H25N5O2/c1-16-8-9-18(12-17(16)2)26-23(31)15-29-24-13-21(27-30(24)11-10-25(29)32)20-14-28(3)22-7-5-4-6-19(20)22/h4-9,12-14H,10-11,15H2,1-3H3,(H,26,31). The van der Waals surface area contributed by atoms with E-state index in [1.165, 1.54) is 10.5 Å². The van der Waals surface area contributed by atoms with Crippen molar-refractivity contribution < 1.29 is 9.59 Å². The number of carbonyl (C=O) groups excluding carboxylic acids is 2. The third-order valence-electron chi connectivity index (χ3n) is 6.14. The van der Waals surface area contributed by atoms with Crippen molar-refractivity contribution in [2.24, 2.45) is 7.05 Å². The minimum Gasteiger partial charge on any atom is -0.350 e. The van der Waals surface area contributed by atoms with Gasteiger partial charge in [-0.05, 0) is 43.2 Å². The van der Waals surface area contributed by atoms with E-state index in [-0.39, 0.29) is 18.4 Å². The van der Waals surface area contributed by atoms with Crippen molar-refractivity contribution in [2.75, 3.05) is 16.8 Å². The number of benzene rings is 2. The zero-order chi connectivity index (χ0) is 22.4. The van der Waals surface area contributed by atoms with Crippen molar-refractivity contribution in [1.82, 2.24) is 14.3 Å². The second-order valence-electron chi connectivity index (χ2n) is 8.36. The van der Waals surface area contributed by atoms with Crippen LogP contribution in [0.1, 0.15) is 17.5 Å². The molecule has 3 heterocycles. The summed E-state index contributed by atoms with van der Waals surface area (Å²) in [5.74, 6) is 0.347. The highest BCUT2D eigenvalue weighted by atomic mass is 16.2. The maximum Gasteiger partial charge on any atom is 0.244 e. The Balaban J connectivity index is 1.43. The Morgan fingerprint density at radius 2 is 1.91 bits per heavy atom. The molecular weight excluding hydrogens is 402 g/mol. The summed E-state index contributed by atoms with van der Waals surface area (Å²) in [6, 6.07) is 15.9. The van der Waals surface area contributed by atoms with Crippen LogP contribution in [0.25, 0.3) is 22.2 Å². The zero-order valence-electron chi connectivity index (χ0n) is 18.4. The first-order chi connectivity index (χ1) is 15.4. The molecule has 1 aliphatic rings. The molecule has 2 aromatic heterocycles. The number of para-hydroxylation sites is 1. The Morgan fingerprint density at radius 3 is 2.72 bits per heavy atom. The minimum absolute atomic E-state index is 0.0492. The summed E-state index contributed by atoms with van der Waals surface area (Å²) in [7, 11) is 2.01. The van der Waals surface area contributed by atoms with Crippen molar-refractivity contribution in [3.63, 3.8) is 0 Å². The van der Waals surface area contributed by atoms with Gasteiger partial charge in [-0.15, -0.1) is 0 Å². The smallest absolute Gasteiger partial charge is 0.244 e. The Kier molecular flexibility index (Phi) is 4.81. The van der Waals surface area contributed by atoms with Crippen LogP contribution in [0, 0.1) is 13.8 Å². The van der Waals surface area contributed by atoms with Crippen molar-refractivity contribution in [3.8, 4) is 11.3 Å². The molecule has 32 heavy (non-hydrogen) atoms. The lowest BCUT2D eigenvalue weighted by Gasteiger charge is -2.26. The van der Waals surface area contributed by atoms with E-state index in [2.05, 4.69) is 28.2 Å². The Bertz CT molecular complexity index is 1360. The Hall–Kier alpha value is -3.87. The van der Waals surface area contributed by atoms with Crippen LogP contribution >= 0.6 is 0 Å². The van der Waals surface area contributed by atoms with Crippen LogP contribution in [0.5, 0.6) is 0 Å². The fraction of sp³-hybridized carbons (Fsp3) is 0.240. The highest BCUT2D eigenvalue weighted by Crippen LogP contribution is 2.33. The summed E-state index contributed by atoms with van der Waals surface area (Å²) in [6.45, 7) is 4.50. The van der Waals surface area contributed by atoms with Crippen LogP contribution in [0.2, 0.25) is 0 Å². The highest BCUT2D eigenvalue weighted by Gasteiger charge is 2.28. The number of rotatable bonds is 4. The molecule has 0 saturated heterocycles. The molecule has 0 bridgehead atoms. The minimum atomic E-state index is -0.233. The van der Waals surface area contributed by atoms with Crippen molar-refractivity contribution in [2.45, 2.75) is 26.8 Å². The second-order valence-corrected chi connectivity index (χ2v) is 8.36. The van der Waals surface area contributed by atoms with E-state index in [0.717, 1.165) is 33.4 Å². The summed E-state index contributed by atoms with van der Waals surface area (Å²) >= 11 is 0. The molecule has 7 heteroatoms. The monoisotopic (exact) mass is 427 g/mol. The van der Waals surface area contributed by atoms with E-state index in [1.807, 2.05) is 62.0 Å². The number of hydrogen-bond donors (Lipinski definition) is 1. The van der Waals surface area contributed by atoms with Gasteiger partial charge in [-0.1, -0.05) is 24.3 Å². The van der Waals surface area contributed by atoms with Gasteiger partial charge in [-0.2, -0.15) is 5.10 Å². The van der Waals surface area contributed by atoms with Gasteiger partial charge in [0.25, 0.3) is 0 Å². The Morgan fingerprint density at radius 1 is 1.09 bits per heavy atom. The number of aromatic nitrogens is 3. The average molecular weight is 428 g/mol. The van der Waals surface area contributed by atoms with Gasteiger partial charge in [0.15, 0.2) is 0 Å². The predicted molar refractivity (Wildman–Crippen MR) is 126 cm³/mol. The largest absolute Gasteiger partial charge is 0.350 e. The van der Waals surface area contributed by atoms with Gasteiger partial charge >= 0.3 is 0 Å². The van der Waals surface area contributed by atoms with Gasteiger partial charge in [-0.3, -0.25) is 14.5 Å². The highest BCUT2D eigenvalue weighted by molar-refractivity contribution is 6.03. The molecule has 4 aromatic rings. The number of nitrogens with one attached hydrogen (secondary N) is 1. The van der Waals surface area contributed by atoms with E-state index in [4.69, 9.17) is 5.10 Å². The van der Waals surface area contributed by atoms with Gasteiger partial charge < -0.3 is 9.88 Å². The summed E-state index contributed by atoms with van der Waals surface area (Å²) in [4.78, 5) is 27.0. The van der Waals surface area contributed by atoms with Gasteiger partial charge in [0, 0.05) is 47.9 Å². The molecule has 1 aliphatic heterocycles. The molecule has 2 amide bonds. The molecule has 1 N–H and O–H groups in total. The normalized spacial score (nSPS) is 13.5. The van der Waals surface area contributed by atoms with Crippen LogP contribution in [0.15, 0.2) is 54.7 Å². The van der Waals surface area contributed by atoms with Gasteiger partial charge in [0.05, 0.1) is 12.2 Å². The number of nitrogens with zero attached hydrogens (tertiary/aromatic N) is 4. The topological polar surface area (TPSA) is 72.2 Å². The van der Waals surface area contributed by atoms with Gasteiger partial charge in [-0.25, -0.2) is 4.68 Å². The van der Waals surface area contributed by atoms with Crippen molar-refractivity contribution in [1.29, 1.82) is 0 Å². The lowest BCUT2D eigenvalue weighted by molar-refractivity contribution is -0.122. The molecule has 0 unspecified atom stereocenters. The maximum absolute atomic E-state index is 12.7. The maximum atomic E-state index is 12.7. The molecule has 7 nitrogen and oxygen atoms in total. The summed E-state index contributed by atoms with van der Waals surface area (Å²) < 4.78 is 3.89. The molecular formula is C25H25N5O2. The van der Waals surface area contributed by atoms with E-state index in [9.17, 15) is 9.59 Å². The number of aryl methyl sites for hydroxylation is 4. The van der Waals surface area contributed by atoms with Crippen LogP contribution in [-0.2, 0) is 23.2 Å². The van der Waals surface area contributed by atoms with E-state index in [1.54, 1.807) is 0 Å². The molecule has 2 aromatic carbocycles. The number of amides is 2. The number of hydrogen-bond acceptors (Lipinski definition) is 3. The van der Waals surface area contributed by atoms with Crippen LogP contribution in [0.4, 0.5) is 11.5 Å². The number of carbonyl (C=O) groups is 2. The molecule has 0 saturated carbocycles. The molecule has 0 atom stereocenters. The first-order valence-electron chi connectivity index (χ1n) is 10.7. The molecule has 162 valence electrons. The average Bonchev–Trinajstić information content (AvgIpc) is 3.34. The van der Waals surface area contributed by atoms with E-state index >= 15 is 0 Å². The molecule has 0 fully saturated rings. The predicted octanol–water partition coefficient (Wildman–Crippen LogP) is 4.03.